The molecule has 15 heavy (non-hydrogen) atoms. The number of aromatic nitrogens is 2. The van der Waals surface area contributed by atoms with Crippen molar-refractivity contribution in [1.29, 1.82) is 0 Å². The van der Waals surface area contributed by atoms with E-state index in [-0.39, 0.29) is 23.6 Å². The van der Waals surface area contributed by atoms with Crippen molar-refractivity contribution < 1.29 is 9.90 Å². The van der Waals surface area contributed by atoms with E-state index in [0.29, 0.717) is 6.54 Å². The molecular formula is C9H15N3O3. The maximum absolute atomic E-state index is 11.4. The molecule has 0 aromatic carbocycles. The van der Waals surface area contributed by atoms with Crippen molar-refractivity contribution in [2.24, 2.45) is 5.41 Å². The number of carbonyl (C=O) groups is 1. The second-order valence-corrected chi connectivity index (χ2v) is 4.16. The molecule has 1 amide bonds. The van der Waals surface area contributed by atoms with Crippen LogP contribution in [0.2, 0.25) is 0 Å². The Morgan fingerprint density at radius 1 is 1.60 bits per heavy atom. The predicted molar refractivity (Wildman–Crippen MR) is 54.6 cm³/mol. The predicted octanol–water partition coefficient (Wildman–Crippen LogP) is -0.549. The first kappa shape index (κ1) is 11.5. The van der Waals surface area contributed by atoms with Gasteiger partial charge in [-0.15, -0.1) is 0 Å². The number of hydrogen-bond donors (Lipinski definition) is 4. The van der Waals surface area contributed by atoms with Crippen LogP contribution in [0.15, 0.2) is 11.0 Å². The number of rotatable bonds is 4. The zero-order valence-corrected chi connectivity index (χ0v) is 8.76. The van der Waals surface area contributed by atoms with Gasteiger partial charge >= 0.3 is 5.69 Å². The van der Waals surface area contributed by atoms with Crippen molar-refractivity contribution >= 4 is 5.91 Å². The van der Waals surface area contributed by atoms with Crippen molar-refractivity contribution in [1.82, 2.24) is 15.3 Å². The topological polar surface area (TPSA) is 98.0 Å². The molecule has 1 rings (SSSR count). The molecule has 0 atom stereocenters. The molecule has 0 aliphatic heterocycles. The minimum atomic E-state index is -0.415. The molecule has 0 bridgehead atoms. The number of hydrogen-bond acceptors (Lipinski definition) is 3. The molecular weight excluding hydrogens is 198 g/mol. The summed E-state index contributed by atoms with van der Waals surface area (Å²) < 4.78 is 0. The first-order valence-electron chi connectivity index (χ1n) is 4.61. The monoisotopic (exact) mass is 213 g/mol. The van der Waals surface area contributed by atoms with Crippen molar-refractivity contribution in [3.05, 3.63) is 22.4 Å². The molecule has 6 heteroatoms. The number of aliphatic hydroxyl groups excluding tert-OH is 1. The molecule has 0 aliphatic rings. The molecule has 0 saturated carbocycles. The van der Waals surface area contributed by atoms with Gasteiger partial charge in [-0.05, 0) is 0 Å². The van der Waals surface area contributed by atoms with Crippen LogP contribution in [0.4, 0.5) is 0 Å². The summed E-state index contributed by atoms with van der Waals surface area (Å²) >= 11 is 0. The van der Waals surface area contributed by atoms with Crippen molar-refractivity contribution in [2.75, 3.05) is 13.2 Å². The van der Waals surface area contributed by atoms with Gasteiger partial charge in [-0.25, -0.2) is 4.79 Å². The quantitative estimate of drug-likeness (QED) is 0.540. The van der Waals surface area contributed by atoms with Crippen LogP contribution in [0, 0.1) is 5.41 Å². The Morgan fingerprint density at radius 3 is 2.73 bits per heavy atom. The van der Waals surface area contributed by atoms with Gasteiger partial charge in [-0.3, -0.25) is 4.79 Å². The van der Waals surface area contributed by atoms with Gasteiger partial charge < -0.3 is 20.4 Å². The highest BCUT2D eigenvalue weighted by molar-refractivity contribution is 5.91. The third-order valence-electron chi connectivity index (χ3n) is 2.00. The molecule has 84 valence electrons. The Morgan fingerprint density at radius 2 is 2.27 bits per heavy atom. The fourth-order valence-electron chi connectivity index (χ4n) is 0.925. The van der Waals surface area contributed by atoms with Gasteiger partial charge in [0.15, 0.2) is 0 Å². The van der Waals surface area contributed by atoms with E-state index in [0.717, 1.165) is 0 Å². The van der Waals surface area contributed by atoms with Gasteiger partial charge in [0.1, 0.15) is 5.69 Å². The van der Waals surface area contributed by atoms with E-state index >= 15 is 0 Å². The molecule has 0 radical (unpaired) electrons. The molecule has 1 heterocycles. The highest BCUT2D eigenvalue weighted by atomic mass is 16.3. The van der Waals surface area contributed by atoms with Crippen molar-refractivity contribution in [3.8, 4) is 0 Å². The van der Waals surface area contributed by atoms with Gasteiger partial charge in [0, 0.05) is 24.8 Å². The number of aromatic amines is 2. The number of carbonyl (C=O) groups excluding carboxylic acids is 1. The van der Waals surface area contributed by atoms with Crippen molar-refractivity contribution in [3.63, 3.8) is 0 Å². The number of aliphatic hydroxyl groups is 1. The molecule has 0 unspecified atom stereocenters. The second-order valence-electron chi connectivity index (χ2n) is 4.16. The molecule has 6 nitrogen and oxygen atoms in total. The number of nitrogens with one attached hydrogen (secondary N) is 3. The Kier molecular flexibility index (Phi) is 3.31. The first-order valence-corrected chi connectivity index (χ1v) is 4.61. The lowest BCUT2D eigenvalue weighted by Crippen LogP contribution is -2.36. The van der Waals surface area contributed by atoms with Crippen LogP contribution >= 0.6 is 0 Å². The second kappa shape index (κ2) is 4.31. The summed E-state index contributed by atoms with van der Waals surface area (Å²) in [7, 11) is 0. The third-order valence-corrected chi connectivity index (χ3v) is 2.00. The first-order chi connectivity index (χ1) is 6.94. The van der Waals surface area contributed by atoms with E-state index in [1.54, 1.807) is 0 Å². The summed E-state index contributed by atoms with van der Waals surface area (Å²) in [6, 6.07) is 0. The molecule has 0 fully saturated rings. The smallest absolute Gasteiger partial charge is 0.323 e. The largest absolute Gasteiger partial charge is 0.396 e. The fraction of sp³-hybridized carbons (Fsp3) is 0.556. The number of H-pyrrole nitrogens is 2. The van der Waals surface area contributed by atoms with Crippen LogP contribution in [0.3, 0.4) is 0 Å². The minimum absolute atomic E-state index is 0.0169. The third kappa shape index (κ3) is 3.25. The van der Waals surface area contributed by atoms with Crippen LogP contribution in [0.5, 0.6) is 0 Å². The maximum Gasteiger partial charge on any atom is 0.323 e. The Bertz CT molecular complexity index is 391. The summed E-state index contributed by atoms with van der Waals surface area (Å²) in [4.78, 5) is 26.8. The standard InChI is InChI=1S/C9H15N3O3/c1-9(2,5-13)4-11-7(14)6-3-10-8(15)12-6/h3,13H,4-5H2,1-2H3,(H,11,14)(H2,10,12,15). The number of imidazole rings is 1. The van der Waals surface area contributed by atoms with Crippen LogP contribution in [0.25, 0.3) is 0 Å². The molecule has 0 saturated heterocycles. The molecule has 0 aliphatic carbocycles. The molecule has 0 spiro atoms. The van der Waals surface area contributed by atoms with Crippen LogP contribution in [-0.2, 0) is 0 Å². The van der Waals surface area contributed by atoms with Crippen LogP contribution < -0.4 is 11.0 Å². The Balaban J connectivity index is 2.54. The SMILES string of the molecule is CC(C)(CO)CNC(=O)c1c[nH]c(=O)[nH]1. The average molecular weight is 213 g/mol. The van der Waals surface area contributed by atoms with Crippen LogP contribution in [0.1, 0.15) is 24.3 Å². The number of amides is 1. The van der Waals surface area contributed by atoms with E-state index < -0.39 is 5.69 Å². The molecule has 1 aromatic heterocycles. The Hall–Kier alpha value is -1.56. The summed E-state index contributed by atoms with van der Waals surface area (Å²) in [6.07, 6.45) is 1.31. The lowest BCUT2D eigenvalue weighted by Gasteiger charge is -2.21. The zero-order valence-electron chi connectivity index (χ0n) is 8.76. The summed E-state index contributed by atoms with van der Waals surface area (Å²) in [5.41, 5.74) is -0.595. The van der Waals surface area contributed by atoms with E-state index in [1.807, 2.05) is 13.8 Å². The minimum Gasteiger partial charge on any atom is -0.396 e. The van der Waals surface area contributed by atoms with Gasteiger partial charge in [-0.1, -0.05) is 13.8 Å². The lowest BCUT2D eigenvalue weighted by atomic mass is 9.95. The van der Waals surface area contributed by atoms with Gasteiger partial charge in [0.25, 0.3) is 5.91 Å². The zero-order chi connectivity index (χ0) is 11.5. The average Bonchev–Trinajstić information content (AvgIpc) is 2.61. The van der Waals surface area contributed by atoms with Crippen molar-refractivity contribution in [2.45, 2.75) is 13.8 Å². The highest BCUT2D eigenvalue weighted by Crippen LogP contribution is 2.11. The summed E-state index contributed by atoms with van der Waals surface area (Å²) in [5, 5.41) is 11.6. The Labute approximate surface area is 86.7 Å². The van der Waals surface area contributed by atoms with E-state index in [9.17, 15) is 9.59 Å². The maximum atomic E-state index is 11.4. The van der Waals surface area contributed by atoms with E-state index in [1.165, 1.54) is 6.20 Å². The lowest BCUT2D eigenvalue weighted by molar-refractivity contribution is 0.0906. The van der Waals surface area contributed by atoms with E-state index in [4.69, 9.17) is 5.11 Å². The van der Waals surface area contributed by atoms with Gasteiger partial charge in [-0.2, -0.15) is 0 Å². The summed E-state index contributed by atoms with van der Waals surface area (Å²) in [5.74, 6) is -0.366. The highest BCUT2D eigenvalue weighted by Gasteiger charge is 2.18. The normalized spacial score (nSPS) is 11.4. The molecule has 1 aromatic rings. The summed E-state index contributed by atoms with van der Waals surface area (Å²) in [6.45, 7) is 3.98. The van der Waals surface area contributed by atoms with E-state index in [2.05, 4.69) is 15.3 Å². The fourth-order valence-corrected chi connectivity index (χ4v) is 0.925. The van der Waals surface area contributed by atoms with Crippen LogP contribution in [-0.4, -0.2) is 34.1 Å². The van der Waals surface area contributed by atoms with Gasteiger partial charge in [0.2, 0.25) is 0 Å². The van der Waals surface area contributed by atoms with Gasteiger partial charge in [0.05, 0.1) is 0 Å². The molecule has 4 N–H and O–H groups in total.